The molecule has 1 N–H and O–H groups in total. The van der Waals surface area contributed by atoms with Crippen molar-refractivity contribution in [3.8, 4) is 0 Å². The number of aryl methyl sites for hydroxylation is 3. The van der Waals surface area contributed by atoms with Gasteiger partial charge in [0.1, 0.15) is 0 Å². The highest BCUT2D eigenvalue weighted by Gasteiger charge is 2.22. The molecule has 0 bridgehead atoms. The van der Waals surface area contributed by atoms with E-state index in [4.69, 9.17) is 0 Å². The Kier molecular flexibility index (Phi) is 3.35. The Hall–Kier alpha value is -1.13. The number of hydrogen-bond donors (Lipinski definition) is 1. The Bertz CT molecular complexity index is 525. The van der Waals surface area contributed by atoms with Crippen LogP contribution in [0.3, 0.4) is 0 Å². The molecule has 0 aliphatic heterocycles. The molecule has 0 aliphatic rings. The van der Waals surface area contributed by atoms with Gasteiger partial charge in [0.05, 0.1) is 11.7 Å². The van der Waals surface area contributed by atoms with Crippen molar-refractivity contribution in [2.75, 3.05) is 7.05 Å². The van der Waals surface area contributed by atoms with E-state index in [0.29, 0.717) is 0 Å². The highest BCUT2D eigenvalue weighted by atomic mass is 32.1. The molecule has 0 saturated carbocycles. The van der Waals surface area contributed by atoms with Crippen LogP contribution in [0.4, 0.5) is 0 Å². The lowest BCUT2D eigenvalue weighted by Gasteiger charge is -2.17. The third-order valence-electron chi connectivity index (χ3n) is 3.35. The minimum Gasteiger partial charge on any atom is -0.309 e. The van der Waals surface area contributed by atoms with E-state index < -0.39 is 0 Å². The fourth-order valence-electron chi connectivity index (χ4n) is 2.36. The van der Waals surface area contributed by atoms with E-state index in [2.05, 4.69) is 42.6 Å². The first kappa shape index (κ1) is 12.3. The summed E-state index contributed by atoms with van der Waals surface area (Å²) in [4.78, 5) is 1.37. The van der Waals surface area contributed by atoms with Gasteiger partial charge in [-0.1, -0.05) is 0 Å². The van der Waals surface area contributed by atoms with Crippen molar-refractivity contribution in [2.45, 2.75) is 26.8 Å². The van der Waals surface area contributed by atoms with Crippen LogP contribution >= 0.6 is 11.3 Å². The average Bonchev–Trinajstić information content (AvgIpc) is 2.79. The normalized spacial score (nSPS) is 13.0. The molecule has 2 heterocycles. The highest BCUT2D eigenvalue weighted by molar-refractivity contribution is 7.10. The Balaban J connectivity index is 2.53. The van der Waals surface area contributed by atoms with Crippen LogP contribution in [0, 0.1) is 20.8 Å². The van der Waals surface area contributed by atoms with E-state index in [-0.39, 0.29) is 6.04 Å². The fraction of sp³-hybridized carbons (Fsp3) is 0.462. The monoisotopic (exact) mass is 249 g/mol. The van der Waals surface area contributed by atoms with E-state index >= 15 is 0 Å². The van der Waals surface area contributed by atoms with Crippen molar-refractivity contribution in [3.05, 3.63) is 38.8 Å². The number of rotatable bonds is 3. The number of nitrogens with one attached hydrogen (secondary N) is 1. The molecule has 2 aromatic rings. The zero-order valence-electron chi connectivity index (χ0n) is 11.0. The summed E-state index contributed by atoms with van der Waals surface area (Å²) in [5.41, 5.74) is 5.00. The van der Waals surface area contributed by atoms with Crippen LogP contribution in [0.1, 0.15) is 33.4 Å². The zero-order valence-corrected chi connectivity index (χ0v) is 11.9. The van der Waals surface area contributed by atoms with E-state index in [9.17, 15) is 0 Å². The highest BCUT2D eigenvalue weighted by Crippen LogP contribution is 2.31. The summed E-state index contributed by atoms with van der Waals surface area (Å²) in [7, 11) is 4.01. The molecule has 0 aliphatic carbocycles. The first-order valence-corrected chi connectivity index (χ1v) is 6.65. The fourth-order valence-corrected chi connectivity index (χ4v) is 3.10. The van der Waals surface area contributed by atoms with E-state index in [1.54, 1.807) is 11.3 Å². The molecule has 0 amide bonds. The quantitative estimate of drug-likeness (QED) is 0.906. The summed E-state index contributed by atoms with van der Waals surface area (Å²) in [6.07, 6.45) is 0. The largest absolute Gasteiger partial charge is 0.309 e. The topological polar surface area (TPSA) is 29.9 Å². The first-order chi connectivity index (χ1) is 8.06. The maximum atomic E-state index is 4.50. The Morgan fingerprint density at radius 3 is 2.47 bits per heavy atom. The van der Waals surface area contributed by atoms with Crippen LogP contribution in [0.25, 0.3) is 0 Å². The molecule has 0 spiro atoms. The lowest BCUT2D eigenvalue weighted by molar-refractivity contribution is 0.677. The molecule has 0 aromatic carbocycles. The van der Waals surface area contributed by atoms with Crippen molar-refractivity contribution in [1.82, 2.24) is 15.1 Å². The molecule has 2 aromatic heterocycles. The predicted octanol–water partition coefficient (Wildman–Crippen LogP) is 2.72. The summed E-state index contributed by atoms with van der Waals surface area (Å²) in [5.74, 6) is 0. The van der Waals surface area contributed by atoms with E-state index in [0.717, 1.165) is 5.69 Å². The molecule has 92 valence electrons. The van der Waals surface area contributed by atoms with E-state index in [1.165, 1.54) is 21.7 Å². The van der Waals surface area contributed by atoms with E-state index in [1.807, 2.05) is 18.8 Å². The summed E-state index contributed by atoms with van der Waals surface area (Å²) < 4.78 is 1.96. The molecule has 4 heteroatoms. The molecule has 2 rings (SSSR count). The van der Waals surface area contributed by atoms with Crippen LogP contribution in [-0.2, 0) is 7.05 Å². The second-order valence-electron chi connectivity index (χ2n) is 4.36. The number of aromatic nitrogens is 2. The third kappa shape index (κ3) is 2.03. The smallest absolute Gasteiger partial charge is 0.0647 e. The van der Waals surface area contributed by atoms with Gasteiger partial charge in [0.25, 0.3) is 0 Å². The van der Waals surface area contributed by atoms with Gasteiger partial charge < -0.3 is 5.32 Å². The lowest BCUT2D eigenvalue weighted by atomic mass is 9.98. The number of nitrogens with zero attached hydrogens (tertiary/aromatic N) is 2. The van der Waals surface area contributed by atoms with Gasteiger partial charge in [-0.2, -0.15) is 5.10 Å². The Morgan fingerprint density at radius 2 is 2.06 bits per heavy atom. The Labute approximate surface area is 106 Å². The summed E-state index contributed by atoms with van der Waals surface area (Å²) in [6, 6.07) is 2.45. The second kappa shape index (κ2) is 4.63. The van der Waals surface area contributed by atoms with Gasteiger partial charge in [-0.3, -0.25) is 4.68 Å². The molecule has 0 saturated heterocycles. The summed E-state index contributed by atoms with van der Waals surface area (Å²) in [6.45, 7) is 6.38. The first-order valence-electron chi connectivity index (χ1n) is 5.77. The van der Waals surface area contributed by atoms with Crippen LogP contribution in [0.15, 0.2) is 11.4 Å². The molecule has 1 unspecified atom stereocenters. The van der Waals surface area contributed by atoms with Gasteiger partial charge in [0, 0.05) is 23.2 Å². The third-order valence-corrected chi connectivity index (χ3v) is 4.21. The summed E-state index contributed by atoms with van der Waals surface area (Å²) >= 11 is 1.79. The number of thiophene rings is 1. The lowest BCUT2D eigenvalue weighted by Crippen LogP contribution is -2.19. The molecule has 1 atom stereocenters. The van der Waals surface area contributed by atoms with Crippen molar-refractivity contribution in [3.63, 3.8) is 0 Å². The average molecular weight is 249 g/mol. The molecule has 0 radical (unpaired) electrons. The van der Waals surface area contributed by atoms with Crippen molar-refractivity contribution >= 4 is 11.3 Å². The van der Waals surface area contributed by atoms with Gasteiger partial charge in [-0.25, -0.2) is 0 Å². The molecular formula is C13H19N3S. The van der Waals surface area contributed by atoms with Crippen LogP contribution < -0.4 is 5.32 Å². The van der Waals surface area contributed by atoms with Crippen molar-refractivity contribution < 1.29 is 0 Å². The second-order valence-corrected chi connectivity index (χ2v) is 5.48. The summed E-state index contributed by atoms with van der Waals surface area (Å²) in [5, 5.41) is 10.1. The number of hydrogen-bond acceptors (Lipinski definition) is 3. The van der Waals surface area contributed by atoms with Gasteiger partial charge >= 0.3 is 0 Å². The van der Waals surface area contributed by atoms with Crippen molar-refractivity contribution in [2.24, 2.45) is 7.05 Å². The van der Waals surface area contributed by atoms with Crippen LogP contribution in [0.5, 0.6) is 0 Å². The maximum Gasteiger partial charge on any atom is 0.0647 e. The SMILES string of the molecule is CNC(c1ccsc1C)c1c(C)nn(C)c1C. The van der Waals surface area contributed by atoms with Gasteiger partial charge in [-0.05, 0) is 44.8 Å². The van der Waals surface area contributed by atoms with Crippen LogP contribution in [0.2, 0.25) is 0 Å². The molecular weight excluding hydrogens is 230 g/mol. The van der Waals surface area contributed by atoms with Crippen LogP contribution in [-0.4, -0.2) is 16.8 Å². The maximum absolute atomic E-state index is 4.50. The minimum absolute atomic E-state index is 0.245. The predicted molar refractivity (Wildman–Crippen MR) is 72.6 cm³/mol. The van der Waals surface area contributed by atoms with Gasteiger partial charge in [0.2, 0.25) is 0 Å². The minimum atomic E-state index is 0.245. The molecule has 17 heavy (non-hydrogen) atoms. The van der Waals surface area contributed by atoms with Crippen molar-refractivity contribution in [1.29, 1.82) is 0 Å². The standard InChI is InChI=1S/C13H19N3S/c1-8-12(9(2)16(5)15-8)13(14-4)11-6-7-17-10(11)3/h6-7,13-14H,1-5H3. The molecule has 3 nitrogen and oxygen atoms in total. The van der Waals surface area contributed by atoms with Gasteiger partial charge in [-0.15, -0.1) is 11.3 Å². The molecule has 0 fully saturated rings. The zero-order chi connectivity index (χ0) is 12.6. The van der Waals surface area contributed by atoms with Gasteiger partial charge in [0.15, 0.2) is 0 Å². The Morgan fingerprint density at radius 1 is 1.35 bits per heavy atom.